The highest BCUT2D eigenvalue weighted by Gasteiger charge is 2.21. The summed E-state index contributed by atoms with van der Waals surface area (Å²) >= 11 is 0. The van der Waals surface area contributed by atoms with Gasteiger partial charge in [-0.3, -0.25) is 13.9 Å². The van der Waals surface area contributed by atoms with Crippen LogP contribution in [-0.2, 0) is 31.8 Å². The fourth-order valence-corrected chi connectivity index (χ4v) is 2.91. The molecule has 0 atom stereocenters. The van der Waals surface area contributed by atoms with E-state index < -0.39 is 35.0 Å². The molecule has 2 aromatic rings. The van der Waals surface area contributed by atoms with E-state index in [0.717, 1.165) is 4.31 Å². The first-order valence-corrected chi connectivity index (χ1v) is 8.64. The van der Waals surface area contributed by atoms with Crippen LogP contribution < -0.4 is 4.31 Å². The van der Waals surface area contributed by atoms with Crippen LogP contribution in [-0.4, -0.2) is 42.2 Å². The Labute approximate surface area is 146 Å². The van der Waals surface area contributed by atoms with E-state index in [9.17, 15) is 18.0 Å². The van der Waals surface area contributed by atoms with Gasteiger partial charge in [0.2, 0.25) is 10.9 Å². The molecule has 1 heterocycles. The first kappa shape index (κ1) is 18.8. The lowest BCUT2D eigenvalue weighted by Crippen LogP contribution is -2.34. The molecule has 0 aliphatic heterocycles. The van der Waals surface area contributed by atoms with E-state index in [1.807, 2.05) is 0 Å². The van der Waals surface area contributed by atoms with Crippen LogP contribution in [0, 0.1) is 0 Å². The summed E-state index contributed by atoms with van der Waals surface area (Å²) in [6.07, 6.45) is 1.61. The molecule has 8 nitrogen and oxygen atoms in total. The number of thiol groups is 1. The molecule has 0 radical (unpaired) electrons. The predicted molar refractivity (Wildman–Crippen MR) is 93.1 cm³/mol. The average molecular weight is 368 g/mol. The Morgan fingerprint density at radius 1 is 1.24 bits per heavy atom. The van der Waals surface area contributed by atoms with Crippen LogP contribution in [0.4, 0.5) is 5.69 Å². The van der Waals surface area contributed by atoms with E-state index in [1.165, 1.54) is 10.6 Å². The van der Waals surface area contributed by atoms with E-state index in [0.29, 0.717) is 16.6 Å². The van der Waals surface area contributed by atoms with Crippen LogP contribution in [0.1, 0.15) is 20.8 Å². The maximum Gasteiger partial charge on any atom is 0.327 e. The fraction of sp³-hybridized carbons (Fsp3) is 0.375. The average Bonchev–Trinajstić information content (AvgIpc) is 2.84. The molecule has 0 bridgehead atoms. The summed E-state index contributed by atoms with van der Waals surface area (Å²) in [7, 11) is -3.05. The Morgan fingerprint density at radius 3 is 2.48 bits per heavy atom. The normalized spacial score (nSPS) is 11.7. The minimum absolute atomic E-state index is 0.194. The smallest absolute Gasteiger partial charge is 0.327 e. The number of hydrogen-bond donors (Lipinski definition) is 2. The Morgan fingerprint density at radius 2 is 1.92 bits per heavy atom. The third kappa shape index (κ3) is 4.96. The lowest BCUT2D eigenvalue weighted by atomic mass is 10.2. The van der Waals surface area contributed by atoms with Crippen LogP contribution in [0.5, 0.6) is 0 Å². The van der Waals surface area contributed by atoms with Gasteiger partial charge in [0.1, 0.15) is 18.7 Å². The Bertz CT molecular complexity index is 870. The lowest BCUT2D eigenvalue weighted by Gasteiger charge is -2.22. The first-order chi connectivity index (χ1) is 11.6. The SMILES string of the molecule is CC(C)(C)OC(=O)CN(c1ccc2c(ccn2CC(=O)O)c1)[SH](=O)=O. The van der Waals surface area contributed by atoms with E-state index in [4.69, 9.17) is 9.84 Å². The van der Waals surface area contributed by atoms with E-state index in [2.05, 4.69) is 0 Å². The molecule has 136 valence electrons. The fourth-order valence-electron chi connectivity index (χ4n) is 2.37. The zero-order valence-electron chi connectivity index (χ0n) is 14.1. The molecule has 0 spiro atoms. The number of carbonyl (C=O) groups excluding carboxylic acids is 1. The quantitative estimate of drug-likeness (QED) is 0.590. The Kier molecular flexibility index (Phi) is 5.36. The van der Waals surface area contributed by atoms with Gasteiger partial charge in [-0.05, 0) is 45.0 Å². The second kappa shape index (κ2) is 7.14. The van der Waals surface area contributed by atoms with Crippen LogP contribution in [0.2, 0.25) is 0 Å². The van der Waals surface area contributed by atoms with Gasteiger partial charge in [0, 0.05) is 17.1 Å². The molecule has 0 unspecified atom stereocenters. The third-order valence-electron chi connectivity index (χ3n) is 3.25. The number of aliphatic carboxylic acids is 1. The molecule has 0 saturated heterocycles. The van der Waals surface area contributed by atoms with Gasteiger partial charge in [0.25, 0.3) is 0 Å². The van der Waals surface area contributed by atoms with Crippen molar-refractivity contribution in [1.29, 1.82) is 0 Å². The molecule has 0 amide bonds. The predicted octanol–water partition coefficient (Wildman–Crippen LogP) is 1.40. The van der Waals surface area contributed by atoms with Gasteiger partial charge < -0.3 is 14.4 Å². The monoisotopic (exact) mass is 368 g/mol. The van der Waals surface area contributed by atoms with Gasteiger partial charge in [-0.1, -0.05) is 0 Å². The van der Waals surface area contributed by atoms with Crippen molar-refractivity contribution in [3.63, 3.8) is 0 Å². The number of ether oxygens (including phenoxy) is 1. The largest absolute Gasteiger partial charge is 0.480 e. The molecule has 2 rings (SSSR count). The van der Waals surface area contributed by atoms with E-state index in [1.54, 1.807) is 45.2 Å². The van der Waals surface area contributed by atoms with Crippen molar-refractivity contribution in [2.75, 3.05) is 10.8 Å². The number of fused-ring (bicyclic) bond motifs is 1. The molecule has 25 heavy (non-hydrogen) atoms. The molecule has 1 N–H and O–H groups in total. The summed E-state index contributed by atoms with van der Waals surface area (Å²) in [6.45, 7) is 4.47. The minimum atomic E-state index is -3.05. The van der Waals surface area contributed by atoms with Crippen LogP contribution in [0.3, 0.4) is 0 Å². The summed E-state index contributed by atoms with van der Waals surface area (Å²) < 4.78 is 30.7. The number of aromatic nitrogens is 1. The van der Waals surface area contributed by atoms with Crippen LogP contribution >= 0.6 is 0 Å². The van der Waals surface area contributed by atoms with Crippen molar-refractivity contribution in [2.24, 2.45) is 0 Å². The number of anilines is 1. The molecular weight excluding hydrogens is 348 g/mol. The van der Waals surface area contributed by atoms with Crippen LogP contribution in [0.25, 0.3) is 10.9 Å². The van der Waals surface area contributed by atoms with Crippen molar-refractivity contribution in [1.82, 2.24) is 4.57 Å². The van der Waals surface area contributed by atoms with Crippen molar-refractivity contribution in [2.45, 2.75) is 32.9 Å². The maximum atomic E-state index is 11.9. The van der Waals surface area contributed by atoms with Crippen molar-refractivity contribution < 1.29 is 27.9 Å². The Hall–Kier alpha value is -2.55. The first-order valence-electron chi connectivity index (χ1n) is 7.51. The molecule has 1 aromatic carbocycles. The number of nitrogens with zero attached hydrogens (tertiary/aromatic N) is 2. The van der Waals surface area contributed by atoms with Gasteiger partial charge in [-0.2, -0.15) is 0 Å². The highest BCUT2D eigenvalue weighted by atomic mass is 32.2. The lowest BCUT2D eigenvalue weighted by molar-refractivity contribution is -0.152. The number of carboxylic acids is 1. The van der Waals surface area contributed by atoms with Gasteiger partial charge in [-0.25, -0.2) is 8.42 Å². The molecular formula is C16H20N2O6S. The minimum Gasteiger partial charge on any atom is -0.480 e. The number of carbonyl (C=O) groups is 2. The van der Waals surface area contributed by atoms with E-state index >= 15 is 0 Å². The zero-order chi connectivity index (χ0) is 18.8. The Balaban J connectivity index is 2.30. The molecule has 9 heteroatoms. The van der Waals surface area contributed by atoms with Gasteiger partial charge >= 0.3 is 11.9 Å². The maximum absolute atomic E-state index is 11.9. The summed E-state index contributed by atoms with van der Waals surface area (Å²) in [4.78, 5) is 22.8. The highest BCUT2D eigenvalue weighted by molar-refractivity contribution is 7.74. The number of carboxylic acid groups (broad SMARTS) is 1. The topological polar surface area (TPSA) is 106 Å². The molecule has 1 aromatic heterocycles. The van der Waals surface area contributed by atoms with Crippen molar-refractivity contribution >= 4 is 39.4 Å². The van der Waals surface area contributed by atoms with Gasteiger partial charge in [0.05, 0.1) is 5.69 Å². The summed E-state index contributed by atoms with van der Waals surface area (Å²) in [5, 5.41) is 9.56. The third-order valence-corrected chi connectivity index (χ3v) is 4.02. The summed E-state index contributed by atoms with van der Waals surface area (Å²) in [5.74, 6) is -1.63. The number of hydrogen-bond acceptors (Lipinski definition) is 5. The summed E-state index contributed by atoms with van der Waals surface area (Å²) in [5.41, 5.74) is 0.252. The standard InChI is InChI=1S/C16H20N2O6S/c1-16(2,3)24-15(21)10-18(25(22)23)12-4-5-13-11(8-12)6-7-17(13)9-14(19)20/h4-8,25H,9-10H2,1-3H3,(H,19,20). The van der Waals surface area contributed by atoms with Gasteiger partial charge in [-0.15, -0.1) is 0 Å². The molecule has 0 saturated carbocycles. The van der Waals surface area contributed by atoms with Crippen molar-refractivity contribution in [3.05, 3.63) is 30.5 Å². The summed E-state index contributed by atoms with van der Waals surface area (Å²) in [6, 6.07) is 6.42. The number of benzene rings is 1. The van der Waals surface area contributed by atoms with Crippen LogP contribution in [0.15, 0.2) is 30.5 Å². The second-order valence-corrected chi connectivity index (χ2v) is 7.42. The second-order valence-electron chi connectivity index (χ2n) is 6.46. The molecule has 0 aliphatic carbocycles. The number of esters is 1. The van der Waals surface area contributed by atoms with Gasteiger partial charge in [0.15, 0.2) is 0 Å². The zero-order valence-corrected chi connectivity index (χ0v) is 15.0. The molecule has 0 fully saturated rings. The molecule has 0 aliphatic rings. The van der Waals surface area contributed by atoms with E-state index in [-0.39, 0.29) is 6.54 Å². The number of rotatable bonds is 6. The highest BCUT2D eigenvalue weighted by Crippen LogP contribution is 2.24. The van der Waals surface area contributed by atoms with Crippen molar-refractivity contribution in [3.8, 4) is 0 Å².